The van der Waals surface area contributed by atoms with Crippen LogP contribution in [0.1, 0.15) is 5.56 Å². The molecule has 1 aromatic heterocycles. The van der Waals surface area contributed by atoms with Crippen molar-refractivity contribution in [3.8, 4) is 11.3 Å². The molecule has 2 rings (SSSR count). The Morgan fingerprint density at radius 2 is 1.89 bits per heavy atom. The zero-order chi connectivity index (χ0) is 13.2. The van der Waals surface area contributed by atoms with Crippen molar-refractivity contribution in [2.75, 3.05) is 0 Å². The summed E-state index contributed by atoms with van der Waals surface area (Å²) in [6.07, 6.45) is 1.57. The van der Waals surface area contributed by atoms with Crippen molar-refractivity contribution >= 4 is 11.8 Å². The second-order valence-corrected chi connectivity index (χ2v) is 4.87. The first kappa shape index (κ1) is 13.0. The second kappa shape index (κ2) is 5.02. The smallest absolute Gasteiger partial charge is 0.256 e. The van der Waals surface area contributed by atoms with Gasteiger partial charge in [-0.25, -0.2) is 0 Å². The summed E-state index contributed by atoms with van der Waals surface area (Å²) in [6.45, 7) is 1.84. The van der Waals surface area contributed by atoms with Gasteiger partial charge in [0.05, 0.1) is 5.69 Å². The van der Waals surface area contributed by atoms with Crippen molar-refractivity contribution in [2.45, 2.75) is 17.3 Å². The highest BCUT2D eigenvalue weighted by molar-refractivity contribution is 8.00. The minimum atomic E-state index is -4.29. The van der Waals surface area contributed by atoms with E-state index in [0.29, 0.717) is 11.3 Å². The van der Waals surface area contributed by atoms with Crippen molar-refractivity contribution in [1.29, 1.82) is 0 Å². The molecule has 0 N–H and O–H groups in total. The van der Waals surface area contributed by atoms with E-state index in [-0.39, 0.29) is 16.7 Å². The maximum absolute atomic E-state index is 12.5. The number of hydrogen-bond acceptors (Lipinski definition) is 2. The molecular formula is C13H10F3NS. The number of nitrogens with zero attached hydrogens (tertiary/aromatic N) is 1. The third-order valence-corrected chi connectivity index (χ3v) is 3.11. The van der Waals surface area contributed by atoms with Crippen LogP contribution in [-0.4, -0.2) is 10.5 Å². The Kier molecular flexibility index (Phi) is 3.61. The molecule has 0 aliphatic carbocycles. The molecule has 1 heterocycles. The Morgan fingerprint density at radius 3 is 2.50 bits per heavy atom. The van der Waals surface area contributed by atoms with E-state index in [1.54, 1.807) is 36.5 Å². The molecule has 0 fully saturated rings. The number of thioether (sulfide) groups is 1. The number of benzene rings is 1. The third-order valence-electron chi connectivity index (χ3n) is 2.30. The van der Waals surface area contributed by atoms with Crippen LogP contribution in [0.15, 0.2) is 47.5 Å². The fourth-order valence-corrected chi connectivity index (χ4v) is 2.24. The van der Waals surface area contributed by atoms with Crippen LogP contribution in [0.5, 0.6) is 0 Å². The molecule has 1 aromatic carbocycles. The summed E-state index contributed by atoms with van der Waals surface area (Å²) in [5.41, 5.74) is -2.33. The molecule has 0 spiro atoms. The van der Waals surface area contributed by atoms with Gasteiger partial charge in [-0.3, -0.25) is 4.98 Å². The summed E-state index contributed by atoms with van der Waals surface area (Å²) in [5.74, 6) is 0. The Hall–Kier alpha value is -1.49. The van der Waals surface area contributed by atoms with Gasteiger partial charge in [0.15, 0.2) is 0 Å². The van der Waals surface area contributed by atoms with Crippen LogP contribution < -0.4 is 0 Å². The minimum absolute atomic E-state index is 0.109. The van der Waals surface area contributed by atoms with Gasteiger partial charge >= 0.3 is 5.51 Å². The first-order chi connectivity index (χ1) is 8.46. The van der Waals surface area contributed by atoms with Crippen LogP contribution >= 0.6 is 11.8 Å². The Labute approximate surface area is 107 Å². The Balaban J connectivity index is 2.48. The molecule has 0 aliphatic rings. The number of hydrogen-bond donors (Lipinski definition) is 0. The molecule has 0 radical (unpaired) electrons. The van der Waals surface area contributed by atoms with Gasteiger partial charge < -0.3 is 0 Å². The van der Waals surface area contributed by atoms with Crippen LogP contribution in [0.25, 0.3) is 11.3 Å². The van der Waals surface area contributed by atoms with E-state index in [2.05, 4.69) is 4.98 Å². The van der Waals surface area contributed by atoms with Crippen molar-refractivity contribution in [3.05, 3.63) is 48.2 Å². The third kappa shape index (κ3) is 3.26. The first-order valence-electron chi connectivity index (χ1n) is 5.23. The van der Waals surface area contributed by atoms with E-state index in [1.165, 1.54) is 6.07 Å². The lowest BCUT2D eigenvalue weighted by molar-refractivity contribution is -0.0327. The molecule has 0 bridgehead atoms. The number of rotatable bonds is 2. The van der Waals surface area contributed by atoms with Crippen molar-refractivity contribution in [3.63, 3.8) is 0 Å². The van der Waals surface area contributed by atoms with Gasteiger partial charge in [-0.05, 0) is 43.0 Å². The molecule has 0 saturated carbocycles. The summed E-state index contributed by atoms with van der Waals surface area (Å²) in [7, 11) is 0. The molecular weight excluding hydrogens is 259 g/mol. The van der Waals surface area contributed by atoms with E-state index in [1.807, 2.05) is 6.92 Å². The largest absolute Gasteiger partial charge is 0.446 e. The predicted molar refractivity (Wildman–Crippen MR) is 66.3 cm³/mol. The Bertz CT molecular complexity index is 538. The molecule has 0 unspecified atom stereocenters. The van der Waals surface area contributed by atoms with Gasteiger partial charge in [-0.2, -0.15) is 13.2 Å². The molecule has 0 amide bonds. The van der Waals surface area contributed by atoms with Gasteiger partial charge in [-0.15, -0.1) is 0 Å². The number of aryl methyl sites for hydroxylation is 1. The highest BCUT2D eigenvalue weighted by atomic mass is 32.2. The van der Waals surface area contributed by atoms with E-state index < -0.39 is 5.51 Å². The maximum atomic E-state index is 12.5. The number of alkyl halides is 3. The quantitative estimate of drug-likeness (QED) is 0.735. The zero-order valence-electron chi connectivity index (χ0n) is 9.53. The van der Waals surface area contributed by atoms with Gasteiger partial charge in [0.2, 0.25) is 0 Å². The van der Waals surface area contributed by atoms with E-state index in [0.717, 1.165) is 5.56 Å². The summed E-state index contributed by atoms with van der Waals surface area (Å²) in [4.78, 5) is 4.27. The lowest BCUT2D eigenvalue weighted by atomic mass is 10.1. The SMILES string of the molecule is Cc1ccc(SC(F)(F)F)c(-c2ccccn2)c1. The first-order valence-corrected chi connectivity index (χ1v) is 6.05. The van der Waals surface area contributed by atoms with Gasteiger partial charge in [0, 0.05) is 16.7 Å². The standard InChI is InChI=1S/C13H10F3NS/c1-9-5-6-12(18-13(14,15)16)10(8-9)11-4-2-3-7-17-11/h2-8H,1H3. The highest BCUT2D eigenvalue weighted by Crippen LogP contribution is 2.41. The zero-order valence-corrected chi connectivity index (χ0v) is 10.3. The van der Waals surface area contributed by atoms with Gasteiger partial charge in [0.1, 0.15) is 0 Å². The average Bonchev–Trinajstić information content (AvgIpc) is 2.31. The second-order valence-electron chi connectivity index (χ2n) is 3.76. The van der Waals surface area contributed by atoms with Crippen LogP contribution in [-0.2, 0) is 0 Å². The van der Waals surface area contributed by atoms with Crippen LogP contribution in [0.3, 0.4) is 0 Å². The molecule has 18 heavy (non-hydrogen) atoms. The minimum Gasteiger partial charge on any atom is -0.256 e. The van der Waals surface area contributed by atoms with E-state index in [9.17, 15) is 13.2 Å². The number of pyridine rings is 1. The van der Waals surface area contributed by atoms with Gasteiger partial charge in [0.25, 0.3) is 0 Å². The lowest BCUT2D eigenvalue weighted by Gasteiger charge is -2.11. The monoisotopic (exact) mass is 269 g/mol. The van der Waals surface area contributed by atoms with E-state index in [4.69, 9.17) is 0 Å². The van der Waals surface area contributed by atoms with Crippen LogP contribution in [0.2, 0.25) is 0 Å². The molecule has 5 heteroatoms. The molecule has 2 aromatic rings. The van der Waals surface area contributed by atoms with Gasteiger partial charge in [-0.1, -0.05) is 17.7 Å². The van der Waals surface area contributed by atoms with Crippen molar-refractivity contribution < 1.29 is 13.2 Å². The summed E-state index contributed by atoms with van der Waals surface area (Å²) in [6, 6.07) is 10.1. The average molecular weight is 269 g/mol. The molecule has 94 valence electrons. The normalized spacial score (nSPS) is 11.6. The van der Waals surface area contributed by atoms with Crippen molar-refractivity contribution in [2.24, 2.45) is 0 Å². The fourth-order valence-electron chi connectivity index (χ4n) is 1.58. The maximum Gasteiger partial charge on any atom is 0.446 e. The number of halogens is 3. The summed E-state index contributed by atoms with van der Waals surface area (Å²) >= 11 is -0.109. The van der Waals surface area contributed by atoms with Crippen LogP contribution in [0, 0.1) is 6.92 Å². The van der Waals surface area contributed by atoms with E-state index >= 15 is 0 Å². The highest BCUT2D eigenvalue weighted by Gasteiger charge is 2.30. The predicted octanol–water partition coefficient (Wildman–Crippen LogP) is 4.67. The molecule has 1 nitrogen and oxygen atoms in total. The number of aromatic nitrogens is 1. The molecule has 0 saturated heterocycles. The summed E-state index contributed by atoms with van der Waals surface area (Å²) in [5, 5.41) is 0. The Morgan fingerprint density at radius 1 is 1.11 bits per heavy atom. The van der Waals surface area contributed by atoms with Crippen LogP contribution in [0.4, 0.5) is 13.2 Å². The fraction of sp³-hybridized carbons (Fsp3) is 0.154. The molecule has 0 aliphatic heterocycles. The summed E-state index contributed by atoms with van der Waals surface area (Å²) < 4.78 is 37.4. The topological polar surface area (TPSA) is 12.9 Å². The lowest BCUT2D eigenvalue weighted by Crippen LogP contribution is -2.00. The van der Waals surface area contributed by atoms with Crippen molar-refractivity contribution in [1.82, 2.24) is 4.98 Å². The molecule has 0 atom stereocenters.